The van der Waals surface area contributed by atoms with Crippen molar-refractivity contribution >= 4 is 21.9 Å². The minimum atomic E-state index is -1.76. The van der Waals surface area contributed by atoms with Crippen LogP contribution in [-0.4, -0.2) is 87.0 Å². The molecule has 5 atom stereocenters. The van der Waals surface area contributed by atoms with Crippen LogP contribution in [0.1, 0.15) is 0 Å². The molecule has 2 unspecified atom stereocenters. The van der Waals surface area contributed by atoms with Crippen molar-refractivity contribution in [1.29, 1.82) is 0 Å². The van der Waals surface area contributed by atoms with E-state index in [1.807, 2.05) is 0 Å². The lowest BCUT2D eigenvalue weighted by Crippen LogP contribution is -2.60. The first-order valence-electron chi connectivity index (χ1n) is 13.4. The van der Waals surface area contributed by atoms with Gasteiger partial charge in [0.1, 0.15) is 47.1 Å². The van der Waals surface area contributed by atoms with Gasteiger partial charge in [-0.05, 0) is 42.5 Å². The third-order valence-corrected chi connectivity index (χ3v) is 7.45. The van der Waals surface area contributed by atoms with Gasteiger partial charge in [0, 0.05) is 16.5 Å². The van der Waals surface area contributed by atoms with Gasteiger partial charge >= 0.3 is 5.43 Å². The van der Waals surface area contributed by atoms with Gasteiger partial charge in [-0.2, -0.15) is 0 Å². The van der Waals surface area contributed by atoms with Gasteiger partial charge in [0.05, 0.1) is 38.3 Å². The fourth-order valence-corrected chi connectivity index (χ4v) is 5.19. The number of hydrogen-bond acceptors (Lipinski definition) is 12. The van der Waals surface area contributed by atoms with Gasteiger partial charge < -0.3 is 58.4 Å². The van der Waals surface area contributed by atoms with Crippen LogP contribution >= 0.6 is 0 Å². The SMILES string of the molecule is COc1cc(-c2oc3cc(=[OH+])cc4oc(-c5ccc(O)cc5)cc(c2O[C@@H]2OC(CO)[C@@H](O)[C@H](O)C2O)c43)cc(OC)c1O. The first-order chi connectivity index (χ1) is 21.1. The Balaban J connectivity index is 1.67. The smallest absolute Gasteiger partial charge is 0.347 e. The zero-order chi connectivity index (χ0) is 31.3. The summed E-state index contributed by atoms with van der Waals surface area (Å²) in [6, 6.07) is 13.4. The molecule has 2 aromatic heterocycles. The van der Waals surface area contributed by atoms with Crippen molar-refractivity contribution in [2.45, 2.75) is 30.7 Å². The summed E-state index contributed by atoms with van der Waals surface area (Å²) in [6.45, 7) is -0.679. The lowest BCUT2D eigenvalue weighted by atomic mass is 9.99. The monoisotopic (exact) mass is 609 g/mol. The largest absolute Gasteiger partial charge is 0.508 e. The molecule has 6 rings (SSSR count). The average Bonchev–Trinajstić information content (AvgIpc) is 3.02. The highest BCUT2D eigenvalue weighted by atomic mass is 16.7. The minimum absolute atomic E-state index is 0.000756. The molecule has 1 saturated heterocycles. The summed E-state index contributed by atoms with van der Waals surface area (Å²) < 4.78 is 34.9. The summed E-state index contributed by atoms with van der Waals surface area (Å²) in [4.78, 5) is 10.6. The Labute approximate surface area is 248 Å². The number of aromatic hydroxyl groups is 2. The molecule has 1 aliphatic heterocycles. The molecule has 3 aromatic carbocycles. The molecule has 3 heterocycles. The molecule has 0 spiro atoms. The quantitative estimate of drug-likeness (QED) is 0.147. The Morgan fingerprint density at radius 2 is 1.43 bits per heavy atom. The van der Waals surface area contributed by atoms with Gasteiger partial charge in [0.2, 0.25) is 12.0 Å². The third-order valence-electron chi connectivity index (χ3n) is 7.45. The summed E-state index contributed by atoms with van der Waals surface area (Å²) in [7, 11) is 2.69. The first kappa shape index (κ1) is 29.3. The summed E-state index contributed by atoms with van der Waals surface area (Å²) in [5.74, 6) is 0.0723. The van der Waals surface area contributed by atoms with Gasteiger partial charge in [0.25, 0.3) is 0 Å². The Kier molecular flexibility index (Phi) is 7.57. The maximum atomic E-state index is 10.8. The van der Waals surface area contributed by atoms with Crippen LogP contribution < -0.4 is 19.6 Å². The number of aliphatic hydroxyl groups excluding tert-OH is 4. The Bertz CT molecular complexity index is 1860. The van der Waals surface area contributed by atoms with Gasteiger partial charge in [-0.3, -0.25) is 4.79 Å². The molecule has 230 valence electrons. The summed E-state index contributed by atoms with van der Waals surface area (Å²) in [6.07, 6.45) is -7.97. The number of benzene rings is 3. The number of methoxy groups -OCH3 is 2. The number of ether oxygens (including phenoxy) is 4. The van der Waals surface area contributed by atoms with Crippen LogP contribution in [0, 0.1) is 0 Å². The molecule has 0 amide bonds. The van der Waals surface area contributed by atoms with Crippen molar-refractivity contribution in [3.05, 3.63) is 60.0 Å². The molecular formula is C31H29O13+. The number of rotatable bonds is 7. The van der Waals surface area contributed by atoms with Gasteiger partial charge in [0.15, 0.2) is 23.0 Å². The molecule has 13 nitrogen and oxygen atoms in total. The van der Waals surface area contributed by atoms with Crippen molar-refractivity contribution in [2.75, 3.05) is 20.8 Å². The zero-order valence-electron chi connectivity index (χ0n) is 23.4. The minimum Gasteiger partial charge on any atom is -0.508 e. The van der Waals surface area contributed by atoms with Crippen LogP contribution in [0.25, 0.3) is 44.6 Å². The molecule has 0 bridgehead atoms. The fraction of sp³-hybridized carbons (Fsp3) is 0.258. The standard InChI is InChI=1S/C31H28O13/c1-39-21-7-14(8-22(40-2)25(21)35)29-30(44-31-28(38)27(37)26(36)23(12-32)43-31)17-11-18(13-3-5-15(33)6-4-13)41-19-9-16(34)10-20(42-29)24(17)19/h3-11,23,26-28,31-33,35-38H,12H2,1-2H3/p+1/t23?,26-,27+,28?,31+/m1/s1. The van der Waals surface area contributed by atoms with E-state index in [1.54, 1.807) is 18.2 Å². The second kappa shape index (κ2) is 11.4. The lowest BCUT2D eigenvalue weighted by molar-refractivity contribution is -0.277. The second-order valence-corrected chi connectivity index (χ2v) is 10.2. The topological polar surface area (TPSA) is 206 Å². The van der Waals surface area contributed by atoms with E-state index in [0.717, 1.165) is 0 Å². The molecule has 7 N–H and O–H groups in total. The predicted octanol–water partition coefficient (Wildman–Crippen LogP) is 2.12. The van der Waals surface area contributed by atoms with Crippen molar-refractivity contribution in [1.82, 2.24) is 0 Å². The average molecular weight is 610 g/mol. The number of phenolic OH excluding ortho intramolecular Hbond substituents is 2. The van der Waals surface area contributed by atoms with Crippen molar-refractivity contribution in [3.8, 4) is 51.4 Å². The van der Waals surface area contributed by atoms with E-state index >= 15 is 0 Å². The highest BCUT2D eigenvalue weighted by Crippen LogP contribution is 2.47. The molecular weight excluding hydrogens is 580 g/mol. The maximum absolute atomic E-state index is 10.8. The maximum Gasteiger partial charge on any atom is 0.347 e. The number of hydrogen-bond donors (Lipinski definition) is 6. The van der Waals surface area contributed by atoms with Crippen LogP contribution in [0.4, 0.5) is 0 Å². The van der Waals surface area contributed by atoms with E-state index < -0.39 is 37.3 Å². The normalized spacial score (nSPS) is 21.9. The summed E-state index contributed by atoms with van der Waals surface area (Å²) in [5, 5.41) is 62.4. The Hall–Kier alpha value is -4.79. The van der Waals surface area contributed by atoms with E-state index in [4.69, 9.17) is 27.8 Å². The van der Waals surface area contributed by atoms with Crippen LogP contribution in [0.3, 0.4) is 0 Å². The summed E-state index contributed by atoms with van der Waals surface area (Å²) in [5.41, 5.74) is 1.00. The van der Waals surface area contributed by atoms with Crippen LogP contribution in [-0.2, 0) is 4.74 Å². The van der Waals surface area contributed by atoms with E-state index in [0.29, 0.717) is 22.1 Å². The Morgan fingerprint density at radius 3 is 2.05 bits per heavy atom. The molecule has 0 aliphatic carbocycles. The zero-order valence-corrected chi connectivity index (χ0v) is 23.4. The number of aliphatic hydroxyl groups is 4. The lowest BCUT2D eigenvalue weighted by Gasteiger charge is -2.39. The van der Waals surface area contributed by atoms with Gasteiger partial charge in [-0.15, -0.1) is 0 Å². The van der Waals surface area contributed by atoms with E-state index in [1.165, 1.54) is 50.6 Å². The van der Waals surface area contributed by atoms with Crippen molar-refractivity contribution < 1.29 is 63.2 Å². The van der Waals surface area contributed by atoms with Crippen LogP contribution in [0.5, 0.6) is 28.7 Å². The van der Waals surface area contributed by atoms with E-state index in [-0.39, 0.29) is 56.7 Å². The molecule has 1 fully saturated rings. The number of phenols is 2. The first-order valence-corrected chi connectivity index (χ1v) is 13.4. The van der Waals surface area contributed by atoms with E-state index in [2.05, 4.69) is 0 Å². The highest BCUT2D eigenvalue weighted by Gasteiger charge is 2.45. The molecule has 5 aromatic rings. The third kappa shape index (κ3) is 4.96. The molecule has 44 heavy (non-hydrogen) atoms. The van der Waals surface area contributed by atoms with Crippen molar-refractivity contribution in [3.63, 3.8) is 0 Å². The van der Waals surface area contributed by atoms with E-state index in [9.17, 15) is 35.4 Å². The highest BCUT2D eigenvalue weighted by molar-refractivity contribution is 6.10. The summed E-state index contributed by atoms with van der Waals surface area (Å²) >= 11 is 0. The molecule has 0 saturated carbocycles. The van der Waals surface area contributed by atoms with Gasteiger partial charge in [-0.25, -0.2) is 0 Å². The molecule has 0 radical (unpaired) electrons. The predicted molar refractivity (Wildman–Crippen MR) is 153 cm³/mol. The van der Waals surface area contributed by atoms with Crippen LogP contribution in [0.2, 0.25) is 0 Å². The van der Waals surface area contributed by atoms with Gasteiger partial charge in [-0.1, -0.05) is 0 Å². The van der Waals surface area contributed by atoms with Crippen LogP contribution in [0.15, 0.2) is 63.4 Å². The molecule has 13 heteroatoms. The molecule has 1 aliphatic rings. The van der Waals surface area contributed by atoms with Crippen molar-refractivity contribution in [2.24, 2.45) is 0 Å². The Morgan fingerprint density at radius 1 is 0.795 bits per heavy atom. The fourth-order valence-electron chi connectivity index (χ4n) is 5.19. The second-order valence-electron chi connectivity index (χ2n) is 10.2.